The van der Waals surface area contributed by atoms with Crippen molar-refractivity contribution in [1.82, 2.24) is 0 Å². The number of halogens is 1. The SMILES string of the molecule is C1=CC[NH+](Cc2cccs2)CC1.[I-]. The third kappa shape index (κ3) is 3.40. The van der Waals surface area contributed by atoms with Crippen LogP contribution in [0.4, 0.5) is 0 Å². The molecular formula is C10H14INS. The van der Waals surface area contributed by atoms with Crippen molar-refractivity contribution < 1.29 is 28.9 Å². The molecule has 0 saturated carbocycles. The van der Waals surface area contributed by atoms with E-state index >= 15 is 0 Å². The fourth-order valence-electron chi connectivity index (χ4n) is 1.58. The van der Waals surface area contributed by atoms with Gasteiger partial charge in [-0.15, -0.1) is 11.3 Å². The van der Waals surface area contributed by atoms with Gasteiger partial charge in [-0.1, -0.05) is 12.1 Å². The van der Waals surface area contributed by atoms with E-state index in [1.54, 1.807) is 4.90 Å². The summed E-state index contributed by atoms with van der Waals surface area (Å²) >= 11 is 1.87. The quantitative estimate of drug-likeness (QED) is 0.481. The monoisotopic (exact) mass is 307 g/mol. The van der Waals surface area contributed by atoms with Gasteiger partial charge in [0, 0.05) is 6.42 Å². The van der Waals surface area contributed by atoms with Crippen molar-refractivity contribution in [3.8, 4) is 0 Å². The Bertz CT molecular complexity index is 256. The van der Waals surface area contributed by atoms with E-state index in [-0.39, 0.29) is 24.0 Å². The van der Waals surface area contributed by atoms with E-state index in [0.29, 0.717) is 0 Å². The highest BCUT2D eigenvalue weighted by atomic mass is 127. The molecule has 0 radical (unpaired) electrons. The number of quaternary nitrogens is 1. The summed E-state index contributed by atoms with van der Waals surface area (Å²) in [7, 11) is 0. The topological polar surface area (TPSA) is 4.44 Å². The highest BCUT2D eigenvalue weighted by Crippen LogP contribution is 2.06. The van der Waals surface area contributed by atoms with Crippen LogP contribution in [0.5, 0.6) is 0 Å². The van der Waals surface area contributed by atoms with Crippen molar-refractivity contribution in [3.63, 3.8) is 0 Å². The van der Waals surface area contributed by atoms with E-state index in [1.165, 1.54) is 30.9 Å². The second-order valence-electron chi connectivity index (χ2n) is 3.22. The summed E-state index contributed by atoms with van der Waals surface area (Å²) in [4.78, 5) is 3.21. The molecule has 0 spiro atoms. The Morgan fingerprint density at radius 2 is 2.31 bits per heavy atom. The second-order valence-corrected chi connectivity index (χ2v) is 4.25. The lowest BCUT2D eigenvalue weighted by Crippen LogP contribution is -3.10. The molecule has 0 fully saturated rings. The van der Waals surface area contributed by atoms with Crippen molar-refractivity contribution >= 4 is 11.3 Å². The lowest BCUT2D eigenvalue weighted by atomic mass is 10.2. The number of thiophene rings is 1. The van der Waals surface area contributed by atoms with Gasteiger partial charge in [-0.05, 0) is 17.5 Å². The zero-order valence-corrected chi connectivity index (χ0v) is 10.5. The molecule has 2 rings (SSSR count). The van der Waals surface area contributed by atoms with Crippen LogP contribution in [0.3, 0.4) is 0 Å². The summed E-state index contributed by atoms with van der Waals surface area (Å²) in [5.41, 5.74) is 0. The standard InChI is InChI=1S/C10H13NS.HI/c1-2-6-11(7-3-1)9-10-5-4-8-12-10;/h1-2,4-5,8H,3,6-7,9H2;1H. The highest BCUT2D eigenvalue weighted by Gasteiger charge is 2.09. The first-order chi connectivity index (χ1) is 5.95. The van der Waals surface area contributed by atoms with Gasteiger partial charge in [-0.25, -0.2) is 0 Å². The fourth-order valence-corrected chi connectivity index (χ4v) is 2.35. The van der Waals surface area contributed by atoms with Crippen LogP contribution in [-0.2, 0) is 6.54 Å². The average molecular weight is 307 g/mol. The van der Waals surface area contributed by atoms with Gasteiger partial charge in [-0.2, -0.15) is 0 Å². The van der Waals surface area contributed by atoms with Gasteiger partial charge < -0.3 is 28.9 Å². The number of hydrogen-bond donors (Lipinski definition) is 1. The lowest BCUT2D eigenvalue weighted by molar-refractivity contribution is -0.908. The molecule has 13 heavy (non-hydrogen) atoms. The Morgan fingerprint density at radius 1 is 1.38 bits per heavy atom. The molecule has 1 aliphatic rings. The molecule has 0 aromatic carbocycles. The van der Waals surface area contributed by atoms with Crippen molar-refractivity contribution in [2.24, 2.45) is 0 Å². The van der Waals surface area contributed by atoms with Gasteiger partial charge in [0.05, 0.1) is 18.0 Å². The minimum atomic E-state index is 0. The summed E-state index contributed by atoms with van der Waals surface area (Å²) in [6, 6.07) is 4.37. The molecule has 0 amide bonds. The Kier molecular flexibility index (Phi) is 4.98. The van der Waals surface area contributed by atoms with Gasteiger partial charge in [0.1, 0.15) is 6.54 Å². The van der Waals surface area contributed by atoms with E-state index in [1.807, 2.05) is 11.3 Å². The van der Waals surface area contributed by atoms with Gasteiger partial charge >= 0.3 is 0 Å². The predicted molar refractivity (Wildman–Crippen MR) is 52.5 cm³/mol. The van der Waals surface area contributed by atoms with Gasteiger partial charge in [-0.3, -0.25) is 0 Å². The summed E-state index contributed by atoms with van der Waals surface area (Å²) < 4.78 is 0. The molecule has 1 aromatic heterocycles. The summed E-state index contributed by atoms with van der Waals surface area (Å²) in [6.45, 7) is 3.72. The first-order valence-electron chi connectivity index (χ1n) is 4.46. The van der Waals surface area contributed by atoms with Crippen LogP contribution in [0.1, 0.15) is 11.3 Å². The van der Waals surface area contributed by atoms with Gasteiger partial charge in [0.15, 0.2) is 0 Å². The van der Waals surface area contributed by atoms with E-state index in [4.69, 9.17) is 0 Å². The third-order valence-corrected chi connectivity index (χ3v) is 3.12. The first-order valence-corrected chi connectivity index (χ1v) is 5.34. The van der Waals surface area contributed by atoms with Crippen LogP contribution < -0.4 is 28.9 Å². The van der Waals surface area contributed by atoms with Crippen LogP contribution >= 0.6 is 11.3 Å². The molecule has 72 valence electrons. The molecule has 1 unspecified atom stereocenters. The molecule has 3 heteroatoms. The minimum absolute atomic E-state index is 0. The molecule has 1 aromatic rings. The van der Waals surface area contributed by atoms with Crippen LogP contribution in [-0.4, -0.2) is 13.1 Å². The molecule has 0 bridgehead atoms. The van der Waals surface area contributed by atoms with Crippen LogP contribution in [0, 0.1) is 0 Å². The average Bonchev–Trinajstić information content (AvgIpc) is 2.59. The fraction of sp³-hybridized carbons (Fsp3) is 0.400. The summed E-state index contributed by atoms with van der Waals surface area (Å²) in [6.07, 6.45) is 5.84. The zero-order valence-electron chi connectivity index (χ0n) is 7.50. The first kappa shape index (κ1) is 11.2. The van der Waals surface area contributed by atoms with E-state index in [0.717, 1.165) is 0 Å². The number of hydrogen-bond acceptors (Lipinski definition) is 1. The third-order valence-electron chi connectivity index (χ3n) is 2.24. The van der Waals surface area contributed by atoms with E-state index < -0.39 is 0 Å². The van der Waals surface area contributed by atoms with Crippen molar-refractivity contribution in [1.29, 1.82) is 0 Å². The maximum atomic E-state index is 2.30. The molecule has 1 atom stereocenters. The maximum Gasteiger partial charge on any atom is 0.112 e. The molecular weight excluding hydrogens is 293 g/mol. The van der Waals surface area contributed by atoms with Crippen molar-refractivity contribution in [2.75, 3.05) is 13.1 Å². The lowest BCUT2D eigenvalue weighted by Gasteiger charge is -2.18. The zero-order chi connectivity index (χ0) is 8.23. The summed E-state index contributed by atoms with van der Waals surface area (Å²) in [5, 5.41) is 2.16. The molecule has 1 N–H and O–H groups in total. The molecule has 1 aliphatic heterocycles. The second kappa shape index (κ2) is 5.78. The maximum absolute atomic E-state index is 2.30. The van der Waals surface area contributed by atoms with E-state index in [9.17, 15) is 0 Å². The molecule has 2 heterocycles. The van der Waals surface area contributed by atoms with Crippen LogP contribution in [0.25, 0.3) is 0 Å². The minimum Gasteiger partial charge on any atom is -1.00 e. The van der Waals surface area contributed by atoms with Crippen molar-refractivity contribution in [3.05, 3.63) is 34.5 Å². The van der Waals surface area contributed by atoms with E-state index in [2.05, 4.69) is 29.7 Å². The summed E-state index contributed by atoms with van der Waals surface area (Å²) in [5.74, 6) is 0. The van der Waals surface area contributed by atoms with Gasteiger partial charge in [0.25, 0.3) is 0 Å². The molecule has 0 saturated heterocycles. The van der Waals surface area contributed by atoms with Gasteiger partial charge in [0.2, 0.25) is 0 Å². The van der Waals surface area contributed by atoms with Crippen LogP contribution in [0.2, 0.25) is 0 Å². The number of nitrogens with one attached hydrogen (secondary N) is 1. The molecule has 0 aliphatic carbocycles. The predicted octanol–water partition coefficient (Wildman–Crippen LogP) is -1.90. The Balaban J connectivity index is 0.000000845. The van der Waals surface area contributed by atoms with Crippen molar-refractivity contribution in [2.45, 2.75) is 13.0 Å². The van der Waals surface area contributed by atoms with Crippen LogP contribution in [0.15, 0.2) is 29.7 Å². The largest absolute Gasteiger partial charge is 1.00 e. The Labute approximate surface area is 100 Å². The molecule has 1 nitrogen and oxygen atoms in total. The highest BCUT2D eigenvalue weighted by molar-refractivity contribution is 7.09. The smallest absolute Gasteiger partial charge is 0.112 e. The Morgan fingerprint density at radius 3 is 2.92 bits per heavy atom. The normalized spacial score (nSPS) is 21.1. The Hall–Kier alpha value is 0.130. The number of rotatable bonds is 2.